The van der Waals surface area contributed by atoms with Crippen molar-refractivity contribution in [1.29, 1.82) is 0 Å². The zero-order valence-corrected chi connectivity index (χ0v) is 9.73. The van der Waals surface area contributed by atoms with Crippen molar-refractivity contribution in [1.82, 2.24) is 4.98 Å². The molecule has 1 N–H and O–H groups in total. The molecule has 2 unspecified atom stereocenters. The van der Waals surface area contributed by atoms with Crippen LogP contribution in [0.4, 0.5) is 5.13 Å². The summed E-state index contributed by atoms with van der Waals surface area (Å²) >= 11 is 1.72. The Bertz CT molecular complexity index is 295. The summed E-state index contributed by atoms with van der Waals surface area (Å²) in [5, 5.41) is 6.74. The number of anilines is 1. The summed E-state index contributed by atoms with van der Waals surface area (Å²) in [6.07, 6.45) is 5.37. The van der Waals surface area contributed by atoms with Crippen molar-refractivity contribution >= 4 is 16.5 Å². The summed E-state index contributed by atoms with van der Waals surface area (Å²) in [6.45, 7) is 4.39. The minimum atomic E-state index is 0.657. The Hall–Kier alpha value is -0.570. The molecule has 1 saturated carbocycles. The van der Waals surface area contributed by atoms with E-state index in [1.807, 2.05) is 6.92 Å². The van der Waals surface area contributed by atoms with Gasteiger partial charge in [-0.1, -0.05) is 19.8 Å². The van der Waals surface area contributed by atoms with Crippen LogP contribution in [0.2, 0.25) is 0 Å². The molecule has 0 radical (unpaired) electrons. The highest BCUT2D eigenvalue weighted by Crippen LogP contribution is 2.27. The molecule has 2 atom stereocenters. The first kappa shape index (κ1) is 9.97. The molecule has 1 aromatic rings. The highest BCUT2D eigenvalue weighted by molar-refractivity contribution is 7.13. The Morgan fingerprint density at radius 2 is 2.36 bits per heavy atom. The molecule has 1 aromatic heterocycles. The Morgan fingerprint density at radius 3 is 3.00 bits per heavy atom. The molecule has 14 heavy (non-hydrogen) atoms. The summed E-state index contributed by atoms with van der Waals surface area (Å²) in [4.78, 5) is 4.44. The molecule has 1 heterocycles. The molecule has 2 nitrogen and oxygen atoms in total. The summed E-state index contributed by atoms with van der Waals surface area (Å²) < 4.78 is 0. The lowest BCUT2D eigenvalue weighted by Crippen LogP contribution is -2.26. The molecule has 0 aromatic carbocycles. The van der Waals surface area contributed by atoms with Crippen LogP contribution in [0, 0.1) is 12.8 Å². The van der Waals surface area contributed by atoms with Crippen LogP contribution in [0.15, 0.2) is 5.38 Å². The van der Waals surface area contributed by atoms with Gasteiger partial charge in [0.1, 0.15) is 0 Å². The summed E-state index contributed by atoms with van der Waals surface area (Å²) in [6, 6.07) is 0.657. The molecule has 3 heteroatoms. The van der Waals surface area contributed by atoms with E-state index in [-0.39, 0.29) is 0 Å². The summed E-state index contributed by atoms with van der Waals surface area (Å²) in [7, 11) is 0. The second kappa shape index (κ2) is 4.30. The van der Waals surface area contributed by atoms with Crippen LogP contribution in [-0.2, 0) is 0 Å². The van der Waals surface area contributed by atoms with Gasteiger partial charge in [0.15, 0.2) is 5.13 Å². The third kappa shape index (κ3) is 2.47. The third-order valence-electron chi connectivity index (χ3n) is 2.88. The molecule has 1 aliphatic carbocycles. The molecular formula is C11H18N2S. The summed E-state index contributed by atoms with van der Waals surface area (Å²) in [5.41, 5.74) is 1.13. The normalized spacial score (nSPS) is 27.6. The van der Waals surface area contributed by atoms with Crippen molar-refractivity contribution in [2.24, 2.45) is 5.92 Å². The average molecular weight is 210 g/mol. The quantitative estimate of drug-likeness (QED) is 0.808. The van der Waals surface area contributed by atoms with Crippen molar-refractivity contribution < 1.29 is 0 Å². The zero-order chi connectivity index (χ0) is 9.97. The molecule has 78 valence electrons. The number of thiazole rings is 1. The smallest absolute Gasteiger partial charge is 0.183 e. The highest BCUT2D eigenvalue weighted by Gasteiger charge is 2.19. The van der Waals surface area contributed by atoms with Gasteiger partial charge in [-0.05, 0) is 25.7 Å². The fourth-order valence-electron chi connectivity index (χ4n) is 2.16. The van der Waals surface area contributed by atoms with E-state index in [1.165, 1.54) is 25.7 Å². The van der Waals surface area contributed by atoms with Gasteiger partial charge in [-0.3, -0.25) is 0 Å². The van der Waals surface area contributed by atoms with Crippen LogP contribution in [-0.4, -0.2) is 11.0 Å². The van der Waals surface area contributed by atoms with Crippen molar-refractivity contribution in [3.05, 3.63) is 11.1 Å². The Labute approximate surface area is 89.8 Å². The van der Waals surface area contributed by atoms with E-state index in [4.69, 9.17) is 0 Å². The van der Waals surface area contributed by atoms with E-state index in [0.29, 0.717) is 6.04 Å². The van der Waals surface area contributed by atoms with Crippen LogP contribution in [0.3, 0.4) is 0 Å². The second-order valence-electron chi connectivity index (χ2n) is 4.41. The van der Waals surface area contributed by atoms with Gasteiger partial charge in [-0.2, -0.15) is 0 Å². The Balaban J connectivity index is 1.90. The predicted molar refractivity (Wildman–Crippen MR) is 61.9 cm³/mol. The van der Waals surface area contributed by atoms with Crippen molar-refractivity contribution in [2.75, 3.05) is 5.32 Å². The largest absolute Gasteiger partial charge is 0.359 e. The minimum Gasteiger partial charge on any atom is -0.359 e. The van der Waals surface area contributed by atoms with Gasteiger partial charge < -0.3 is 5.32 Å². The molecule has 1 aliphatic rings. The number of rotatable bonds is 2. The monoisotopic (exact) mass is 210 g/mol. The fourth-order valence-corrected chi connectivity index (χ4v) is 2.93. The average Bonchev–Trinajstić information content (AvgIpc) is 2.51. The van der Waals surface area contributed by atoms with Gasteiger partial charge in [0.2, 0.25) is 0 Å². The van der Waals surface area contributed by atoms with Crippen molar-refractivity contribution in [3.8, 4) is 0 Å². The number of aryl methyl sites for hydroxylation is 1. The van der Waals surface area contributed by atoms with E-state index in [1.54, 1.807) is 11.3 Å². The lowest BCUT2D eigenvalue weighted by Gasteiger charge is -2.27. The molecule has 0 amide bonds. The Morgan fingerprint density at radius 1 is 1.50 bits per heavy atom. The van der Waals surface area contributed by atoms with E-state index < -0.39 is 0 Å². The highest BCUT2D eigenvalue weighted by atomic mass is 32.1. The first-order valence-electron chi connectivity index (χ1n) is 5.42. The van der Waals surface area contributed by atoms with Gasteiger partial charge >= 0.3 is 0 Å². The molecule has 0 aliphatic heterocycles. The number of nitrogens with zero attached hydrogens (tertiary/aromatic N) is 1. The van der Waals surface area contributed by atoms with E-state index in [9.17, 15) is 0 Å². The molecule has 1 fully saturated rings. The zero-order valence-electron chi connectivity index (χ0n) is 8.92. The van der Waals surface area contributed by atoms with Gasteiger partial charge in [0.25, 0.3) is 0 Å². The van der Waals surface area contributed by atoms with Crippen LogP contribution in [0.5, 0.6) is 0 Å². The SMILES string of the molecule is Cc1csc(NC2CCCC(C)C2)n1. The summed E-state index contributed by atoms with van der Waals surface area (Å²) in [5.74, 6) is 0.877. The lowest BCUT2D eigenvalue weighted by atomic mass is 9.87. The molecule has 0 bridgehead atoms. The minimum absolute atomic E-state index is 0.657. The standard InChI is InChI=1S/C11H18N2S/c1-8-4-3-5-10(6-8)13-11-12-9(2)7-14-11/h7-8,10H,3-6H2,1-2H3,(H,12,13). The van der Waals surface area contributed by atoms with Gasteiger partial charge in [-0.15, -0.1) is 11.3 Å². The van der Waals surface area contributed by atoms with Crippen molar-refractivity contribution in [2.45, 2.75) is 45.6 Å². The van der Waals surface area contributed by atoms with Crippen LogP contribution >= 0.6 is 11.3 Å². The topological polar surface area (TPSA) is 24.9 Å². The Kier molecular flexibility index (Phi) is 3.06. The predicted octanol–water partition coefficient (Wildman–Crippen LogP) is 3.44. The maximum Gasteiger partial charge on any atom is 0.183 e. The molecule has 2 rings (SSSR count). The lowest BCUT2D eigenvalue weighted by molar-refractivity contribution is 0.358. The first-order valence-corrected chi connectivity index (χ1v) is 6.30. The van der Waals surface area contributed by atoms with Gasteiger partial charge in [0.05, 0.1) is 5.69 Å². The van der Waals surface area contributed by atoms with Crippen molar-refractivity contribution in [3.63, 3.8) is 0 Å². The van der Waals surface area contributed by atoms with Gasteiger partial charge in [-0.25, -0.2) is 4.98 Å². The number of nitrogens with one attached hydrogen (secondary N) is 1. The van der Waals surface area contributed by atoms with E-state index in [0.717, 1.165) is 16.7 Å². The van der Waals surface area contributed by atoms with E-state index >= 15 is 0 Å². The van der Waals surface area contributed by atoms with Crippen LogP contribution in [0.25, 0.3) is 0 Å². The number of hydrogen-bond acceptors (Lipinski definition) is 3. The first-order chi connectivity index (χ1) is 6.74. The maximum atomic E-state index is 4.44. The molecule has 0 spiro atoms. The van der Waals surface area contributed by atoms with Crippen LogP contribution in [0.1, 0.15) is 38.3 Å². The third-order valence-corrected chi connectivity index (χ3v) is 3.77. The number of hydrogen-bond donors (Lipinski definition) is 1. The second-order valence-corrected chi connectivity index (χ2v) is 5.27. The maximum absolute atomic E-state index is 4.44. The number of aromatic nitrogens is 1. The molecular weight excluding hydrogens is 192 g/mol. The van der Waals surface area contributed by atoms with Crippen LogP contribution < -0.4 is 5.32 Å². The van der Waals surface area contributed by atoms with E-state index in [2.05, 4.69) is 22.6 Å². The van der Waals surface area contributed by atoms with Gasteiger partial charge in [0, 0.05) is 11.4 Å². The fraction of sp³-hybridized carbons (Fsp3) is 0.727. The molecule has 0 saturated heterocycles.